The Morgan fingerprint density at radius 3 is 2.27 bits per heavy atom. The quantitative estimate of drug-likeness (QED) is 0.489. The molecule has 13 heteroatoms. The first-order valence-corrected chi connectivity index (χ1v) is 11.1. The lowest BCUT2D eigenvalue weighted by Crippen LogP contribution is -2.25. The zero-order chi connectivity index (χ0) is 24.6. The van der Waals surface area contributed by atoms with Gasteiger partial charge in [-0.1, -0.05) is 0 Å². The van der Waals surface area contributed by atoms with Crippen LogP contribution in [0.25, 0.3) is 16.6 Å². The van der Waals surface area contributed by atoms with Crippen molar-refractivity contribution >= 4 is 26.7 Å². The molecule has 0 unspecified atom stereocenters. The van der Waals surface area contributed by atoms with Gasteiger partial charge in [0.25, 0.3) is 0 Å². The van der Waals surface area contributed by atoms with E-state index in [9.17, 15) is 31.2 Å². The maximum Gasteiger partial charge on any atom is 0.573 e. The van der Waals surface area contributed by atoms with E-state index in [4.69, 9.17) is 9.47 Å². The minimum Gasteiger partial charge on any atom is -0.497 e. The fourth-order valence-electron chi connectivity index (χ4n) is 3.02. The van der Waals surface area contributed by atoms with Gasteiger partial charge in [0.15, 0.2) is 9.84 Å². The number of aromatic nitrogens is 2. The third-order valence-electron chi connectivity index (χ3n) is 4.34. The molecule has 0 aliphatic rings. The zero-order valence-electron chi connectivity index (χ0n) is 17.5. The predicted octanol–water partition coefficient (Wildman–Crippen LogP) is 2.87. The maximum atomic E-state index is 13.1. The van der Waals surface area contributed by atoms with Gasteiger partial charge in [-0.3, -0.25) is 4.79 Å². The molecule has 1 heterocycles. The Balaban J connectivity index is 2.39. The van der Waals surface area contributed by atoms with Gasteiger partial charge in [-0.2, -0.15) is 5.10 Å². The molecule has 0 atom stereocenters. The van der Waals surface area contributed by atoms with Gasteiger partial charge in [-0.25, -0.2) is 17.9 Å². The molecule has 9 nitrogen and oxygen atoms in total. The summed E-state index contributed by atoms with van der Waals surface area (Å²) in [6.45, 7) is 1.42. The van der Waals surface area contributed by atoms with Crippen molar-refractivity contribution in [3.05, 3.63) is 52.3 Å². The third-order valence-corrected chi connectivity index (χ3v) is 5.46. The number of esters is 1. The molecule has 1 aromatic heterocycles. The SMILES string of the molecule is CCOC(=O)c1nn(-c2ccc(OC(F)(F)F)cc2)c2cc(OC)cc(S(C)(=O)=O)c2c1=O. The second kappa shape index (κ2) is 8.73. The summed E-state index contributed by atoms with van der Waals surface area (Å²) in [4.78, 5) is 25.0. The number of rotatable bonds is 6. The van der Waals surface area contributed by atoms with Gasteiger partial charge in [-0.15, -0.1) is 13.2 Å². The molecule has 176 valence electrons. The van der Waals surface area contributed by atoms with Gasteiger partial charge in [0.05, 0.1) is 35.2 Å². The summed E-state index contributed by atoms with van der Waals surface area (Å²) in [5.41, 5.74) is -1.64. The first kappa shape index (κ1) is 24.0. The molecule has 0 spiro atoms. The first-order valence-electron chi connectivity index (χ1n) is 9.24. The van der Waals surface area contributed by atoms with Gasteiger partial charge >= 0.3 is 12.3 Å². The number of nitrogens with zero attached hydrogens (tertiary/aromatic N) is 2. The van der Waals surface area contributed by atoms with E-state index in [0.717, 1.165) is 29.1 Å². The molecule has 0 amide bonds. The van der Waals surface area contributed by atoms with Crippen LogP contribution in [0.4, 0.5) is 13.2 Å². The monoisotopic (exact) mass is 486 g/mol. The number of alkyl halides is 3. The highest BCUT2D eigenvalue weighted by Crippen LogP contribution is 2.29. The predicted molar refractivity (Wildman–Crippen MR) is 110 cm³/mol. The second-order valence-corrected chi connectivity index (χ2v) is 8.63. The van der Waals surface area contributed by atoms with Gasteiger partial charge in [-0.05, 0) is 37.3 Å². The van der Waals surface area contributed by atoms with E-state index in [1.165, 1.54) is 32.2 Å². The van der Waals surface area contributed by atoms with Crippen LogP contribution in [0.3, 0.4) is 0 Å². The highest BCUT2D eigenvalue weighted by atomic mass is 32.2. The lowest BCUT2D eigenvalue weighted by atomic mass is 10.1. The van der Waals surface area contributed by atoms with Crippen LogP contribution < -0.4 is 14.9 Å². The van der Waals surface area contributed by atoms with Crippen LogP contribution in [0, 0.1) is 0 Å². The molecule has 0 radical (unpaired) electrons. The Bertz CT molecular complexity index is 1380. The average molecular weight is 486 g/mol. The van der Waals surface area contributed by atoms with E-state index in [0.29, 0.717) is 0 Å². The molecule has 0 N–H and O–H groups in total. The normalized spacial score (nSPS) is 11.9. The smallest absolute Gasteiger partial charge is 0.497 e. The number of benzene rings is 2. The number of halogens is 3. The van der Waals surface area contributed by atoms with E-state index in [1.807, 2.05) is 0 Å². The number of fused-ring (bicyclic) bond motifs is 1. The van der Waals surface area contributed by atoms with E-state index < -0.39 is 43.9 Å². The van der Waals surface area contributed by atoms with E-state index >= 15 is 0 Å². The molecule has 0 bridgehead atoms. The van der Waals surface area contributed by atoms with Gasteiger partial charge in [0.1, 0.15) is 11.5 Å². The van der Waals surface area contributed by atoms with E-state index in [-0.39, 0.29) is 28.9 Å². The van der Waals surface area contributed by atoms with Gasteiger partial charge in [0.2, 0.25) is 11.1 Å². The van der Waals surface area contributed by atoms with Gasteiger partial charge < -0.3 is 14.2 Å². The average Bonchev–Trinajstić information content (AvgIpc) is 2.72. The van der Waals surface area contributed by atoms with Crippen LogP contribution in [-0.4, -0.2) is 50.5 Å². The number of sulfone groups is 1. The van der Waals surface area contributed by atoms with Crippen LogP contribution >= 0.6 is 0 Å². The number of hydrogen-bond donors (Lipinski definition) is 0. The Kier molecular flexibility index (Phi) is 6.36. The van der Waals surface area contributed by atoms with Crippen molar-refractivity contribution < 1.29 is 40.6 Å². The standard InChI is InChI=1S/C20H17F3N2O7S/c1-4-31-19(27)17-18(26)16-14(9-13(30-2)10-15(16)33(3,28)29)25(24-17)11-5-7-12(8-6-11)32-20(21,22)23/h5-10H,4H2,1-3H3. The lowest BCUT2D eigenvalue weighted by molar-refractivity contribution is -0.274. The summed E-state index contributed by atoms with van der Waals surface area (Å²) in [5.74, 6) is -1.54. The Morgan fingerprint density at radius 2 is 1.76 bits per heavy atom. The largest absolute Gasteiger partial charge is 0.573 e. The molecule has 2 aromatic carbocycles. The number of ether oxygens (including phenoxy) is 3. The van der Waals surface area contributed by atoms with Crippen LogP contribution in [0.2, 0.25) is 0 Å². The Hall–Kier alpha value is -3.61. The summed E-state index contributed by atoms with van der Waals surface area (Å²) in [6.07, 6.45) is -4.03. The summed E-state index contributed by atoms with van der Waals surface area (Å²) < 4.78 is 77.2. The molecular weight excluding hydrogens is 469 g/mol. The fraction of sp³-hybridized carbons (Fsp3) is 0.250. The summed E-state index contributed by atoms with van der Waals surface area (Å²) >= 11 is 0. The van der Waals surface area contributed by atoms with Crippen LogP contribution in [0.5, 0.6) is 11.5 Å². The molecule has 33 heavy (non-hydrogen) atoms. The molecule has 0 fully saturated rings. The highest BCUT2D eigenvalue weighted by Gasteiger charge is 2.31. The van der Waals surface area contributed by atoms with Gasteiger partial charge in [0, 0.05) is 12.3 Å². The maximum absolute atomic E-state index is 13.1. The molecule has 3 rings (SSSR count). The zero-order valence-corrected chi connectivity index (χ0v) is 18.3. The molecule has 3 aromatic rings. The van der Waals surface area contributed by atoms with Crippen molar-refractivity contribution in [1.82, 2.24) is 9.78 Å². The number of methoxy groups -OCH3 is 1. The molecular formula is C20H17F3N2O7S. The number of carbonyl (C=O) groups excluding carboxylic acids is 1. The summed E-state index contributed by atoms with van der Waals surface area (Å²) in [6, 6.07) is 6.80. The summed E-state index contributed by atoms with van der Waals surface area (Å²) in [5, 5.41) is 3.65. The van der Waals surface area contributed by atoms with Crippen LogP contribution in [0.1, 0.15) is 17.4 Å². The van der Waals surface area contributed by atoms with Crippen molar-refractivity contribution in [2.24, 2.45) is 0 Å². The Labute approximate surface area is 185 Å². The second-order valence-electron chi connectivity index (χ2n) is 6.64. The van der Waals surface area contributed by atoms with Crippen LogP contribution in [0.15, 0.2) is 46.1 Å². The molecule has 0 saturated heterocycles. The fourth-order valence-corrected chi connectivity index (χ4v) is 3.92. The minimum absolute atomic E-state index is 0.0580. The van der Waals surface area contributed by atoms with Crippen molar-refractivity contribution in [2.45, 2.75) is 18.2 Å². The van der Waals surface area contributed by atoms with Crippen molar-refractivity contribution in [2.75, 3.05) is 20.0 Å². The number of hydrogen-bond acceptors (Lipinski definition) is 8. The summed E-state index contributed by atoms with van der Waals surface area (Å²) in [7, 11) is -2.71. The molecule has 0 saturated carbocycles. The number of carbonyl (C=O) groups is 1. The molecule has 0 aliphatic carbocycles. The van der Waals surface area contributed by atoms with Crippen molar-refractivity contribution in [3.63, 3.8) is 0 Å². The lowest BCUT2D eigenvalue weighted by Gasteiger charge is -2.15. The Morgan fingerprint density at radius 1 is 1.12 bits per heavy atom. The van der Waals surface area contributed by atoms with E-state index in [2.05, 4.69) is 9.84 Å². The highest BCUT2D eigenvalue weighted by molar-refractivity contribution is 7.91. The van der Waals surface area contributed by atoms with Crippen LogP contribution in [-0.2, 0) is 14.6 Å². The van der Waals surface area contributed by atoms with E-state index in [1.54, 1.807) is 0 Å². The van der Waals surface area contributed by atoms with Crippen molar-refractivity contribution in [1.29, 1.82) is 0 Å². The topological polar surface area (TPSA) is 114 Å². The minimum atomic E-state index is -4.90. The van der Waals surface area contributed by atoms with Crippen molar-refractivity contribution in [3.8, 4) is 17.2 Å². The molecule has 0 aliphatic heterocycles. The first-order chi connectivity index (χ1) is 15.4. The third kappa shape index (κ3) is 5.08.